The first kappa shape index (κ1) is 28.4. The van der Waals surface area contributed by atoms with Crippen molar-refractivity contribution in [3.63, 3.8) is 0 Å². The van der Waals surface area contributed by atoms with E-state index >= 15 is 4.39 Å². The van der Waals surface area contributed by atoms with E-state index < -0.39 is 34.2 Å². The normalized spacial score (nSPS) is 15.2. The molecule has 0 saturated carbocycles. The molecule has 2 amide bonds. The second-order valence-corrected chi connectivity index (χ2v) is 12.1. The number of rotatable bonds is 8. The van der Waals surface area contributed by atoms with Crippen LogP contribution < -0.4 is 16.4 Å². The number of hydrogen-bond donors (Lipinski definition) is 3. The van der Waals surface area contributed by atoms with Gasteiger partial charge in [0.2, 0.25) is 0 Å². The van der Waals surface area contributed by atoms with Gasteiger partial charge in [-0.05, 0) is 60.8 Å². The molecule has 0 aliphatic carbocycles. The second kappa shape index (κ2) is 11.7. The number of aromatic nitrogens is 3. The number of carbonyl (C=O) groups excluding carboxylic acids is 1. The number of halogens is 3. The lowest BCUT2D eigenvalue weighted by atomic mass is 10.1. The van der Waals surface area contributed by atoms with Crippen molar-refractivity contribution in [2.24, 2.45) is 0 Å². The molecule has 3 heterocycles. The summed E-state index contributed by atoms with van der Waals surface area (Å²) in [5, 5.41) is 8.93. The van der Waals surface area contributed by atoms with Gasteiger partial charge in [-0.1, -0.05) is 12.1 Å². The molecular weight excluding hydrogens is 559 g/mol. The summed E-state index contributed by atoms with van der Waals surface area (Å²) in [7, 11) is -2.95. The van der Waals surface area contributed by atoms with Crippen LogP contribution >= 0.6 is 0 Å². The zero-order chi connectivity index (χ0) is 29.1. The van der Waals surface area contributed by atoms with Crippen molar-refractivity contribution in [2.75, 3.05) is 47.5 Å². The van der Waals surface area contributed by atoms with Crippen molar-refractivity contribution in [3.05, 3.63) is 71.7 Å². The number of urea groups is 1. The van der Waals surface area contributed by atoms with Crippen LogP contribution in [0, 0.1) is 11.6 Å². The average molecular weight is 588 g/mol. The molecule has 0 spiro atoms. The van der Waals surface area contributed by atoms with Gasteiger partial charge >= 0.3 is 6.03 Å². The molecule has 10 nitrogen and oxygen atoms in total. The third-order valence-electron chi connectivity index (χ3n) is 6.96. The average Bonchev–Trinajstić information content (AvgIpc) is 3.32. The summed E-state index contributed by atoms with van der Waals surface area (Å²) in [6, 6.07) is 8.62. The summed E-state index contributed by atoms with van der Waals surface area (Å²) < 4.78 is 67.0. The number of alkyl halides is 1. The summed E-state index contributed by atoms with van der Waals surface area (Å²) in [4.78, 5) is 18.6. The van der Waals surface area contributed by atoms with Crippen LogP contribution in [0.5, 0.6) is 0 Å². The van der Waals surface area contributed by atoms with Crippen LogP contribution in [0.4, 0.5) is 35.2 Å². The molecule has 0 radical (unpaired) electrons. The number of amides is 2. The first-order chi connectivity index (χ1) is 19.6. The number of nitrogen functional groups attached to an aromatic ring is 1. The predicted octanol–water partition coefficient (Wildman–Crippen LogP) is 4.03. The Bertz CT molecular complexity index is 1700. The van der Waals surface area contributed by atoms with Gasteiger partial charge < -0.3 is 21.3 Å². The smallest absolute Gasteiger partial charge is 0.323 e. The maximum atomic E-state index is 15.1. The molecule has 0 atom stereocenters. The molecule has 0 unspecified atom stereocenters. The summed E-state index contributed by atoms with van der Waals surface area (Å²) in [5.74, 6) is -0.964. The highest BCUT2D eigenvalue weighted by molar-refractivity contribution is 7.91. The van der Waals surface area contributed by atoms with Crippen LogP contribution in [0.1, 0.15) is 17.7 Å². The van der Waals surface area contributed by atoms with Crippen molar-refractivity contribution in [3.8, 4) is 11.1 Å². The van der Waals surface area contributed by atoms with E-state index in [0.29, 0.717) is 36.2 Å². The number of hydrogen-bond acceptors (Lipinski definition) is 7. The Labute approximate surface area is 234 Å². The number of carbonyl (C=O) groups is 1. The molecule has 5 rings (SSSR count). The van der Waals surface area contributed by atoms with Crippen LogP contribution in [-0.2, 0) is 22.9 Å². The maximum absolute atomic E-state index is 15.1. The van der Waals surface area contributed by atoms with E-state index in [1.807, 2.05) is 6.07 Å². The van der Waals surface area contributed by atoms with Crippen molar-refractivity contribution in [1.82, 2.24) is 19.5 Å². The van der Waals surface area contributed by atoms with Crippen molar-refractivity contribution >= 4 is 38.6 Å². The fraction of sp³-hybridized carbons (Fsp3) is 0.296. The minimum atomic E-state index is -2.95. The maximum Gasteiger partial charge on any atom is 0.323 e. The number of fused-ring (bicyclic) bond motifs is 1. The molecule has 41 heavy (non-hydrogen) atoms. The molecular formula is C27H28F3N7O3S. The molecule has 14 heteroatoms. The fourth-order valence-corrected chi connectivity index (χ4v) is 6.08. The van der Waals surface area contributed by atoms with E-state index in [2.05, 4.69) is 25.6 Å². The van der Waals surface area contributed by atoms with Gasteiger partial charge in [0.25, 0.3) is 0 Å². The minimum absolute atomic E-state index is 0.148. The standard InChI is InChI=1S/C27H28F3N7O3S/c28-15-17-3-5-21(29)24(12-17)35-27(38)34-23-6-4-18(13-22(23)30)20-14-19(37-25(20)26(31)32-16-33-37)2-1-7-36-8-10-41(39,40)11-9-36/h3-6,12-14,16H,1-2,7-11,15H2,(H2,31,32,33)(H2,34,35,38). The topological polar surface area (TPSA) is 135 Å². The van der Waals surface area contributed by atoms with Crippen molar-refractivity contribution < 1.29 is 26.4 Å². The lowest BCUT2D eigenvalue weighted by molar-refractivity contribution is 0.262. The third kappa shape index (κ3) is 6.43. The highest BCUT2D eigenvalue weighted by Crippen LogP contribution is 2.33. The Hall–Kier alpha value is -4.17. The lowest BCUT2D eigenvalue weighted by Gasteiger charge is -2.26. The van der Waals surface area contributed by atoms with Gasteiger partial charge in [0, 0.05) is 24.3 Å². The summed E-state index contributed by atoms with van der Waals surface area (Å²) in [6.07, 6.45) is 2.70. The largest absolute Gasteiger partial charge is 0.382 e. The highest BCUT2D eigenvalue weighted by atomic mass is 32.2. The van der Waals surface area contributed by atoms with Gasteiger partial charge in [0.15, 0.2) is 15.7 Å². The SMILES string of the molecule is Nc1ncnn2c(CCCN3CCS(=O)(=O)CC3)cc(-c3ccc(NC(=O)Nc4cc(CF)ccc4F)c(F)c3)c12. The third-order valence-corrected chi connectivity index (χ3v) is 8.57. The lowest BCUT2D eigenvalue weighted by Crippen LogP contribution is -2.40. The molecule has 1 aliphatic heterocycles. The molecule has 4 N–H and O–H groups in total. The van der Waals surface area contributed by atoms with Crippen LogP contribution in [-0.4, -0.2) is 65.1 Å². The monoisotopic (exact) mass is 587 g/mol. The molecule has 2 aromatic heterocycles. The van der Waals surface area contributed by atoms with E-state index in [1.54, 1.807) is 10.6 Å². The zero-order valence-electron chi connectivity index (χ0n) is 21.9. The van der Waals surface area contributed by atoms with Gasteiger partial charge in [-0.3, -0.25) is 0 Å². The molecule has 2 aromatic carbocycles. The van der Waals surface area contributed by atoms with Gasteiger partial charge in [-0.15, -0.1) is 0 Å². The molecule has 0 bridgehead atoms. The van der Waals surface area contributed by atoms with Crippen LogP contribution in [0.25, 0.3) is 16.6 Å². The second-order valence-electron chi connectivity index (χ2n) is 9.77. The highest BCUT2D eigenvalue weighted by Gasteiger charge is 2.22. The Kier molecular flexibility index (Phi) is 8.13. The number of sulfone groups is 1. The number of nitrogens with one attached hydrogen (secondary N) is 2. The van der Waals surface area contributed by atoms with E-state index in [0.717, 1.165) is 30.8 Å². The molecule has 1 fully saturated rings. The van der Waals surface area contributed by atoms with Crippen LogP contribution in [0.3, 0.4) is 0 Å². The molecule has 1 aliphatic rings. The van der Waals surface area contributed by atoms with Crippen molar-refractivity contribution in [2.45, 2.75) is 19.5 Å². The van der Waals surface area contributed by atoms with Gasteiger partial charge in [-0.25, -0.2) is 35.9 Å². The first-order valence-electron chi connectivity index (χ1n) is 12.9. The van der Waals surface area contributed by atoms with Gasteiger partial charge in [-0.2, -0.15) is 5.10 Å². The summed E-state index contributed by atoms with van der Waals surface area (Å²) >= 11 is 0. The summed E-state index contributed by atoms with van der Waals surface area (Å²) in [6.45, 7) is 0.906. The Morgan fingerprint density at radius 1 is 1.00 bits per heavy atom. The number of benzene rings is 2. The zero-order valence-corrected chi connectivity index (χ0v) is 22.7. The number of nitrogens with two attached hydrogens (primary N) is 1. The van der Waals surface area contributed by atoms with Crippen molar-refractivity contribution in [1.29, 1.82) is 0 Å². The quantitative estimate of drug-likeness (QED) is 0.283. The van der Waals surface area contributed by atoms with E-state index in [4.69, 9.17) is 5.73 Å². The number of anilines is 3. The van der Waals surface area contributed by atoms with Crippen LogP contribution in [0.2, 0.25) is 0 Å². The Morgan fingerprint density at radius 2 is 1.76 bits per heavy atom. The fourth-order valence-electron chi connectivity index (χ4n) is 4.80. The van der Waals surface area contributed by atoms with E-state index in [1.165, 1.54) is 24.5 Å². The van der Waals surface area contributed by atoms with Gasteiger partial charge in [0.05, 0.1) is 22.9 Å². The minimum Gasteiger partial charge on any atom is -0.382 e. The Morgan fingerprint density at radius 3 is 2.49 bits per heavy atom. The van der Waals surface area contributed by atoms with E-state index in [-0.39, 0.29) is 34.3 Å². The van der Waals surface area contributed by atoms with Crippen LogP contribution in [0.15, 0.2) is 48.8 Å². The number of aryl methyl sites for hydroxylation is 1. The molecule has 1 saturated heterocycles. The number of nitrogens with zero attached hydrogens (tertiary/aromatic N) is 4. The van der Waals surface area contributed by atoms with E-state index in [9.17, 15) is 22.0 Å². The summed E-state index contributed by atoms with van der Waals surface area (Å²) in [5.41, 5.74) is 8.38. The Balaban J connectivity index is 1.32. The predicted molar refractivity (Wildman–Crippen MR) is 150 cm³/mol. The molecule has 216 valence electrons. The first-order valence-corrected chi connectivity index (χ1v) is 14.7. The molecule has 4 aromatic rings. The van der Waals surface area contributed by atoms with Gasteiger partial charge in [0.1, 0.15) is 30.2 Å².